The van der Waals surface area contributed by atoms with E-state index in [-0.39, 0.29) is 0 Å². The van der Waals surface area contributed by atoms with Gasteiger partial charge in [0.25, 0.3) is 0 Å². The van der Waals surface area contributed by atoms with Crippen molar-refractivity contribution in [1.29, 1.82) is 0 Å². The van der Waals surface area contributed by atoms with Crippen molar-refractivity contribution in [2.45, 2.75) is 31.7 Å². The molecule has 3 heteroatoms. The Morgan fingerprint density at radius 1 is 1.00 bits per heavy atom. The molecule has 108 valence electrons. The minimum Gasteiger partial charge on any atom is -0.379 e. The van der Waals surface area contributed by atoms with Crippen molar-refractivity contribution in [2.75, 3.05) is 19.8 Å². The Hall–Kier alpha value is -0.900. The van der Waals surface area contributed by atoms with Crippen LogP contribution in [0, 0.1) is 17.8 Å². The average Bonchev–Trinajstić information content (AvgIpc) is 3.10. The van der Waals surface area contributed by atoms with Gasteiger partial charge in [-0.05, 0) is 36.2 Å². The van der Waals surface area contributed by atoms with Crippen LogP contribution in [0.25, 0.3) is 0 Å². The number of hydrogen-bond acceptors (Lipinski definition) is 3. The molecule has 0 spiro atoms. The lowest BCUT2D eigenvalue weighted by Gasteiger charge is -2.19. The SMILES string of the molecule is c1ccc(COCCOCC2CC3CC2C2OC32)cc1. The first-order valence-corrected chi connectivity index (χ1v) is 7.76. The molecular weight excluding hydrogens is 252 g/mol. The maximum absolute atomic E-state index is 5.79. The van der Waals surface area contributed by atoms with Crippen LogP contribution in [0.5, 0.6) is 0 Å². The first-order chi connectivity index (χ1) is 9.92. The molecule has 4 rings (SSSR count). The zero-order valence-corrected chi connectivity index (χ0v) is 11.7. The zero-order valence-electron chi connectivity index (χ0n) is 11.7. The maximum atomic E-state index is 5.79. The fourth-order valence-electron chi connectivity index (χ4n) is 4.04. The number of ether oxygens (including phenoxy) is 3. The first-order valence-electron chi connectivity index (χ1n) is 7.76. The molecule has 5 atom stereocenters. The maximum Gasteiger partial charge on any atom is 0.0876 e. The van der Waals surface area contributed by atoms with E-state index >= 15 is 0 Å². The summed E-state index contributed by atoms with van der Waals surface area (Å²) in [6.07, 6.45) is 3.92. The number of epoxide rings is 1. The third-order valence-electron chi connectivity index (χ3n) is 5.05. The van der Waals surface area contributed by atoms with E-state index in [4.69, 9.17) is 14.2 Å². The molecule has 2 bridgehead atoms. The topological polar surface area (TPSA) is 31.0 Å². The Kier molecular flexibility index (Phi) is 3.51. The van der Waals surface area contributed by atoms with Gasteiger partial charge in [0.1, 0.15) is 0 Å². The molecule has 0 radical (unpaired) electrons. The Bertz CT molecular complexity index is 447. The van der Waals surface area contributed by atoms with Crippen molar-refractivity contribution >= 4 is 0 Å². The van der Waals surface area contributed by atoms with Gasteiger partial charge in [-0.1, -0.05) is 30.3 Å². The molecule has 1 saturated heterocycles. The van der Waals surface area contributed by atoms with Gasteiger partial charge in [0.15, 0.2) is 0 Å². The van der Waals surface area contributed by atoms with Crippen LogP contribution in [0.4, 0.5) is 0 Å². The van der Waals surface area contributed by atoms with Gasteiger partial charge in [-0.25, -0.2) is 0 Å². The highest BCUT2D eigenvalue weighted by molar-refractivity contribution is 5.13. The van der Waals surface area contributed by atoms with E-state index in [1.54, 1.807) is 0 Å². The number of rotatable bonds is 7. The molecule has 3 aliphatic rings. The molecule has 0 amide bonds. The summed E-state index contributed by atoms with van der Waals surface area (Å²) < 4.78 is 17.1. The largest absolute Gasteiger partial charge is 0.379 e. The summed E-state index contributed by atoms with van der Waals surface area (Å²) in [6.45, 7) is 2.95. The van der Waals surface area contributed by atoms with Gasteiger partial charge < -0.3 is 14.2 Å². The van der Waals surface area contributed by atoms with Crippen LogP contribution in [0.1, 0.15) is 18.4 Å². The summed E-state index contributed by atoms with van der Waals surface area (Å²) in [5.41, 5.74) is 1.22. The van der Waals surface area contributed by atoms with Crippen LogP contribution < -0.4 is 0 Å². The molecule has 1 aliphatic heterocycles. The molecule has 5 unspecified atom stereocenters. The fourth-order valence-corrected chi connectivity index (χ4v) is 4.04. The van der Waals surface area contributed by atoms with Gasteiger partial charge >= 0.3 is 0 Å². The predicted molar refractivity (Wildman–Crippen MR) is 75.3 cm³/mol. The molecule has 3 nitrogen and oxygen atoms in total. The molecule has 0 aromatic heterocycles. The third kappa shape index (κ3) is 2.50. The van der Waals surface area contributed by atoms with E-state index in [0.717, 1.165) is 24.4 Å². The molecule has 1 heterocycles. The predicted octanol–water partition coefficient (Wildman–Crippen LogP) is 2.64. The Morgan fingerprint density at radius 3 is 2.65 bits per heavy atom. The van der Waals surface area contributed by atoms with Crippen molar-refractivity contribution < 1.29 is 14.2 Å². The van der Waals surface area contributed by atoms with Gasteiger partial charge in [-0.3, -0.25) is 0 Å². The second-order valence-electron chi connectivity index (χ2n) is 6.33. The molecular formula is C17H22O3. The van der Waals surface area contributed by atoms with E-state index in [0.29, 0.717) is 32.0 Å². The quantitative estimate of drug-likeness (QED) is 0.566. The molecule has 0 N–H and O–H groups in total. The van der Waals surface area contributed by atoms with Crippen molar-refractivity contribution in [2.24, 2.45) is 17.8 Å². The third-order valence-corrected chi connectivity index (χ3v) is 5.05. The zero-order chi connectivity index (χ0) is 13.4. The molecule has 1 aromatic carbocycles. The number of hydrogen-bond donors (Lipinski definition) is 0. The normalized spacial score (nSPS) is 37.1. The van der Waals surface area contributed by atoms with Gasteiger partial charge in [0.2, 0.25) is 0 Å². The highest BCUT2D eigenvalue weighted by Gasteiger charge is 2.62. The molecule has 20 heavy (non-hydrogen) atoms. The lowest BCUT2D eigenvalue weighted by Crippen LogP contribution is -2.23. The minimum atomic E-state index is 0.594. The van der Waals surface area contributed by atoms with Crippen LogP contribution in [-0.2, 0) is 20.8 Å². The molecule has 3 fully saturated rings. The standard InChI is InChI=1S/C17H22O3/c1-2-4-12(5-3-1)10-18-6-7-19-11-14-8-13-9-15(14)17-16(13)20-17/h1-5,13-17H,6-11H2. The highest BCUT2D eigenvalue weighted by Crippen LogP contribution is 2.58. The summed E-state index contributed by atoms with van der Waals surface area (Å²) in [6, 6.07) is 10.3. The summed E-state index contributed by atoms with van der Waals surface area (Å²) >= 11 is 0. The van der Waals surface area contributed by atoms with Crippen LogP contribution in [0.15, 0.2) is 30.3 Å². The van der Waals surface area contributed by atoms with Gasteiger partial charge in [0, 0.05) is 6.61 Å². The minimum absolute atomic E-state index is 0.594. The van der Waals surface area contributed by atoms with Crippen LogP contribution in [0.3, 0.4) is 0 Å². The highest BCUT2D eigenvalue weighted by atomic mass is 16.6. The molecule has 2 saturated carbocycles. The van der Waals surface area contributed by atoms with E-state index in [9.17, 15) is 0 Å². The molecule has 2 aliphatic carbocycles. The van der Waals surface area contributed by atoms with Crippen molar-refractivity contribution in [3.63, 3.8) is 0 Å². The van der Waals surface area contributed by atoms with Crippen LogP contribution in [0.2, 0.25) is 0 Å². The second-order valence-corrected chi connectivity index (χ2v) is 6.33. The van der Waals surface area contributed by atoms with Gasteiger partial charge in [-0.2, -0.15) is 0 Å². The fraction of sp³-hybridized carbons (Fsp3) is 0.647. The number of fused-ring (bicyclic) bond motifs is 5. The first kappa shape index (κ1) is 12.8. The van der Waals surface area contributed by atoms with E-state index in [1.165, 1.54) is 18.4 Å². The van der Waals surface area contributed by atoms with Crippen molar-refractivity contribution in [3.8, 4) is 0 Å². The van der Waals surface area contributed by atoms with Crippen LogP contribution in [-0.4, -0.2) is 32.0 Å². The average molecular weight is 274 g/mol. The smallest absolute Gasteiger partial charge is 0.0876 e. The second kappa shape index (κ2) is 5.47. The van der Waals surface area contributed by atoms with Gasteiger partial charge in [-0.15, -0.1) is 0 Å². The summed E-state index contributed by atoms with van der Waals surface area (Å²) in [7, 11) is 0. The van der Waals surface area contributed by atoms with Crippen molar-refractivity contribution in [1.82, 2.24) is 0 Å². The summed E-state index contributed by atoms with van der Waals surface area (Å²) in [4.78, 5) is 0. The lowest BCUT2D eigenvalue weighted by atomic mass is 9.89. The van der Waals surface area contributed by atoms with Crippen LogP contribution >= 0.6 is 0 Å². The van der Waals surface area contributed by atoms with E-state index in [1.807, 2.05) is 18.2 Å². The summed E-state index contributed by atoms with van der Waals surface area (Å²) in [5, 5.41) is 0. The Balaban J connectivity index is 1.10. The summed E-state index contributed by atoms with van der Waals surface area (Å²) in [5.74, 6) is 2.36. The molecule has 1 aromatic rings. The Morgan fingerprint density at radius 2 is 1.85 bits per heavy atom. The number of benzene rings is 1. The van der Waals surface area contributed by atoms with E-state index in [2.05, 4.69) is 12.1 Å². The lowest BCUT2D eigenvalue weighted by molar-refractivity contribution is 0.0197. The van der Waals surface area contributed by atoms with E-state index < -0.39 is 0 Å². The van der Waals surface area contributed by atoms with Crippen molar-refractivity contribution in [3.05, 3.63) is 35.9 Å². The van der Waals surface area contributed by atoms with Gasteiger partial charge in [0.05, 0.1) is 32.0 Å². The Labute approximate surface area is 120 Å². The monoisotopic (exact) mass is 274 g/mol.